The van der Waals surface area contributed by atoms with Gasteiger partial charge in [-0.2, -0.15) is 0 Å². The molecule has 0 saturated carbocycles. The number of aliphatic imine (C=N–C) groups is 1. The standard InChI is InChI=1S/C22H21ClN6S2/c23-15-3-6-19-20(9-15)31-21(29-19)25-8-7-14-1-4-16(5-2-14)27-22-28-18(12-30-22)10-17-11-24-13-26-17/h1-6,9,11,13,18H,7-8,10,12H2,(H,24,26)(H,25,29)(H,27,28)/t18-/m0/s1. The lowest BCUT2D eigenvalue weighted by atomic mass is 10.1. The maximum Gasteiger partial charge on any atom is 0.183 e. The van der Waals surface area contributed by atoms with E-state index in [4.69, 9.17) is 16.6 Å². The summed E-state index contributed by atoms with van der Waals surface area (Å²) in [4.78, 5) is 16.6. The van der Waals surface area contributed by atoms with Crippen LogP contribution >= 0.6 is 34.7 Å². The number of nitrogens with zero attached hydrogens (tertiary/aromatic N) is 3. The molecule has 158 valence electrons. The fraction of sp³-hybridized carbons (Fsp3) is 0.227. The number of fused-ring (bicyclic) bond motifs is 1. The lowest BCUT2D eigenvalue weighted by Crippen LogP contribution is -2.09. The van der Waals surface area contributed by atoms with Crippen molar-refractivity contribution in [3.63, 3.8) is 0 Å². The van der Waals surface area contributed by atoms with Gasteiger partial charge >= 0.3 is 0 Å². The molecule has 5 rings (SSSR count). The summed E-state index contributed by atoms with van der Waals surface area (Å²) in [6, 6.07) is 14.6. The van der Waals surface area contributed by atoms with E-state index in [1.54, 1.807) is 29.4 Å². The van der Waals surface area contributed by atoms with Crippen LogP contribution in [0.2, 0.25) is 5.02 Å². The van der Waals surface area contributed by atoms with E-state index in [1.165, 1.54) is 5.56 Å². The molecule has 0 fully saturated rings. The number of nitrogens with one attached hydrogen (secondary N) is 3. The van der Waals surface area contributed by atoms with Crippen LogP contribution in [0.1, 0.15) is 11.3 Å². The predicted octanol–water partition coefficient (Wildman–Crippen LogP) is 5.45. The molecule has 4 aromatic rings. The number of hydrogen-bond acceptors (Lipinski definition) is 7. The second-order valence-electron chi connectivity index (χ2n) is 7.31. The molecule has 31 heavy (non-hydrogen) atoms. The minimum Gasteiger partial charge on any atom is -0.361 e. The molecule has 0 bridgehead atoms. The van der Waals surface area contributed by atoms with Crippen molar-refractivity contribution in [2.24, 2.45) is 4.99 Å². The van der Waals surface area contributed by atoms with Gasteiger partial charge in [0.05, 0.1) is 22.6 Å². The van der Waals surface area contributed by atoms with Crippen molar-refractivity contribution in [1.82, 2.24) is 15.0 Å². The molecule has 2 aromatic carbocycles. The number of halogens is 1. The van der Waals surface area contributed by atoms with Crippen LogP contribution in [0.25, 0.3) is 10.2 Å². The monoisotopic (exact) mass is 468 g/mol. The summed E-state index contributed by atoms with van der Waals surface area (Å²) in [5.74, 6) is 0.989. The summed E-state index contributed by atoms with van der Waals surface area (Å²) in [6.45, 7) is 0.832. The molecule has 1 atom stereocenters. The van der Waals surface area contributed by atoms with E-state index in [0.29, 0.717) is 0 Å². The molecule has 9 heteroatoms. The minimum atomic E-state index is 0.289. The van der Waals surface area contributed by atoms with Gasteiger partial charge in [-0.15, -0.1) is 0 Å². The van der Waals surface area contributed by atoms with Crippen LogP contribution in [-0.4, -0.2) is 38.5 Å². The molecule has 0 radical (unpaired) electrons. The summed E-state index contributed by atoms with van der Waals surface area (Å²) < 4.78 is 1.10. The first-order valence-corrected chi connectivity index (χ1v) is 12.2. The van der Waals surface area contributed by atoms with E-state index in [0.717, 1.165) is 62.1 Å². The number of benzene rings is 2. The first-order chi connectivity index (χ1) is 15.2. The Hall–Kier alpha value is -2.55. The van der Waals surface area contributed by atoms with Gasteiger partial charge in [0, 0.05) is 41.3 Å². The van der Waals surface area contributed by atoms with Crippen LogP contribution in [0, 0.1) is 0 Å². The van der Waals surface area contributed by atoms with Crippen LogP contribution in [0.3, 0.4) is 0 Å². The molecule has 1 aliphatic rings. The number of aromatic nitrogens is 3. The Labute approximate surface area is 193 Å². The molecule has 0 spiro atoms. The highest BCUT2D eigenvalue weighted by Crippen LogP contribution is 2.28. The fourth-order valence-electron chi connectivity index (χ4n) is 3.40. The number of thiazole rings is 1. The van der Waals surface area contributed by atoms with Crippen molar-refractivity contribution in [3.05, 3.63) is 71.3 Å². The third kappa shape index (κ3) is 5.20. The van der Waals surface area contributed by atoms with E-state index in [1.807, 2.05) is 24.4 Å². The van der Waals surface area contributed by atoms with E-state index in [9.17, 15) is 0 Å². The molecule has 6 nitrogen and oxygen atoms in total. The first-order valence-electron chi connectivity index (χ1n) is 10.0. The number of rotatable bonds is 7. The SMILES string of the molecule is Clc1ccc2nc(NCCc3ccc(NC4=N[C@@H](Cc5cnc[nH]5)CS4)cc3)sc2c1. The van der Waals surface area contributed by atoms with Crippen LogP contribution in [0.4, 0.5) is 10.8 Å². The average Bonchev–Trinajstić information content (AvgIpc) is 3.51. The number of H-pyrrole nitrogens is 1. The second-order valence-corrected chi connectivity index (χ2v) is 9.79. The number of amidine groups is 1. The molecule has 3 N–H and O–H groups in total. The largest absolute Gasteiger partial charge is 0.361 e. The molecule has 2 aromatic heterocycles. The highest BCUT2D eigenvalue weighted by molar-refractivity contribution is 8.14. The van der Waals surface area contributed by atoms with Crippen LogP contribution in [0.15, 0.2) is 60.0 Å². The molecule has 3 heterocycles. The average molecular weight is 469 g/mol. The van der Waals surface area contributed by atoms with Gasteiger partial charge < -0.3 is 15.6 Å². The van der Waals surface area contributed by atoms with Gasteiger partial charge in [0.25, 0.3) is 0 Å². The second kappa shape index (κ2) is 9.30. The maximum absolute atomic E-state index is 6.06. The molecule has 0 aliphatic carbocycles. The molecular formula is C22H21ClN6S2. The Morgan fingerprint density at radius 1 is 1.16 bits per heavy atom. The zero-order chi connectivity index (χ0) is 21.0. The predicted molar refractivity (Wildman–Crippen MR) is 133 cm³/mol. The Morgan fingerprint density at radius 3 is 2.90 bits per heavy atom. The lowest BCUT2D eigenvalue weighted by molar-refractivity contribution is 0.748. The Balaban J connectivity index is 1.11. The maximum atomic E-state index is 6.06. The van der Waals surface area contributed by atoms with Crippen LogP contribution < -0.4 is 10.6 Å². The lowest BCUT2D eigenvalue weighted by Gasteiger charge is -2.07. The van der Waals surface area contributed by atoms with Crippen molar-refractivity contribution in [2.75, 3.05) is 22.9 Å². The van der Waals surface area contributed by atoms with Gasteiger partial charge in [0.2, 0.25) is 0 Å². The third-order valence-electron chi connectivity index (χ3n) is 4.97. The number of imidazole rings is 1. The molecule has 0 saturated heterocycles. The highest BCUT2D eigenvalue weighted by atomic mass is 35.5. The van der Waals surface area contributed by atoms with Gasteiger partial charge in [-0.05, 0) is 42.3 Å². The molecule has 0 amide bonds. The van der Waals surface area contributed by atoms with Gasteiger partial charge in [0.1, 0.15) is 0 Å². The topological polar surface area (TPSA) is 78.0 Å². The fourth-order valence-corrected chi connectivity index (χ4v) is 5.53. The third-order valence-corrected chi connectivity index (χ3v) is 7.21. The van der Waals surface area contributed by atoms with Crippen molar-refractivity contribution in [3.8, 4) is 0 Å². The van der Waals surface area contributed by atoms with Gasteiger partial charge in [-0.3, -0.25) is 4.99 Å². The Bertz CT molecular complexity index is 1190. The van der Waals surface area contributed by atoms with E-state index < -0.39 is 0 Å². The van der Waals surface area contributed by atoms with Gasteiger partial charge in [-0.25, -0.2) is 9.97 Å². The van der Waals surface area contributed by atoms with Crippen molar-refractivity contribution in [1.29, 1.82) is 0 Å². The zero-order valence-corrected chi connectivity index (χ0v) is 19.0. The van der Waals surface area contributed by atoms with Gasteiger partial charge in [0.15, 0.2) is 10.3 Å². The summed E-state index contributed by atoms with van der Waals surface area (Å²) in [5.41, 5.74) is 4.45. The van der Waals surface area contributed by atoms with Crippen molar-refractivity contribution >= 4 is 60.9 Å². The minimum absolute atomic E-state index is 0.289. The Kier molecular flexibility index (Phi) is 6.11. The number of anilines is 2. The summed E-state index contributed by atoms with van der Waals surface area (Å²) in [7, 11) is 0. The number of thioether (sulfide) groups is 1. The molecule has 0 unspecified atom stereocenters. The number of hydrogen-bond donors (Lipinski definition) is 3. The highest BCUT2D eigenvalue weighted by Gasteiger charge is 2.19. The molecule has 1 aliphatic heterocycles. The van der Waals surface area contributed by atoms with E-state index >= 15 is 0 Å². The Morgan fingerprint density at radius 2 is 2.06 bits per heavy atom. The summed E-state index contributed by atoms with van der Waals surface area (Å²) >= 11 is 9.45. The molecular weight excluding hydrogens is 448 g/mol. The van der Waals surface area contributed by atoms with E-state index in [2.05, 4.69) is 49.9 Å². The van der Waals surface area contributed by atoms with Crippen LogP contribution in [0.5, 0.6) is 0 Å². The van der Waals surface area contributed by atoms with E-state index in [-0.39, 0.29) is 6.04 Å². The van der Waals surface area contributed by atoms with Crippen LogP contribution in [-0.2, 0) is 12.8 Å². The van der Waals surface area contributed by atoms with Gasteiger partial charge in [-0.1, -0.05) is 46.8 Å². The smallest absolute Gasteiger partial charge is 0.183 e. The summed E-state index contributed by atoms with van der Waals surface area (Å²) in [5, 5.41) is 9.50. The summed E-state index contributed by atoms with van der Waals surface area (Å²) in [6.07, 6.45) is 5.41. The first kappa shape index (κ1) is 20.4. The zero-order valence-electron chi connectivity index (χ0n) is 16.6. The quantitative estimate of drug-likeness (QED) is 0.336. The van der Waals surface area contributed by atoms with Crippen molar-refractivity contribution < 1.29 is 0 Å². The normalized spacial score (nSPS) is 15.9. The number of aromatic amines is 1. The van der Waals surface area contributed by atoms with Crippen molar-refractivity contribution in [2.45, 2.75) is 18.9 Å².